The molecule has 0 aromatic carbocycles. The molecule has 1 aliphatic rings. The Morgan fingerprint density at radius 2 is 2.07 bits per heavy atom. The number of aliphatic imine (C=N–C) groups is 1. The van der Waals surface area contributed by atoms with Gasteiger partial charge >= 0.3 is 6.18 Å². The lowest BCUT2D eigenvalue weighted by atomic mass is 10.2. The Morgan fingerprint density at radius 1 is 1.29 bits per heavy atom. The highest BCUT2D eigenvalue weighted by molar-refractivity contribution is 14.0. The van der Waals surface area contributed by atoms with E-state index in [1.165, 1.54) is 12.8 Å². The molecule has 0 radical (unpaired) electrons. The normalized spacial score (nSPS) is 15.5. The zero-order valence-corrected chi connectivity index (χ0v) is 18.4. The quantitative estimate of drug-likeness (QED) is 0.313. The number of thiazole rings is 1. The van der Waals surface area contributed by atoms with Gasteiger partial charge in [-0.05, 0) is 25.0 Å². The van der Waals surface area contributed by atoms with Crippen LogP contribution in [0.2, 0.25) is 0 Å². The maximum Gasteiger partial charge on any atom is 0.434 e. The van der Waals surface area contributed by atoms with Gasteiger partial charge in [-0.15, -0.1) is 35.3 Å². The van der Waals surface area contributed by atoms with Crippen LogP contribution >= 0.6 is 35.3 Å². The lowest BCUT2D eigenvalue weighted by molar-refractivity contribution is -0.140. The summed E-state index contributed by atoms with van der Waals surface area (Å²) in [7, 11) is 0. The van der Waals surface area contributed by atoms with Crippen molar-refractivity contribution in [2.75, 3.05) is 13.1 Å². The molecule has 1 aliphatic carbocycles. The fourth-order valence-corrected chi connectivity index (χ4v) is 3.79. The van der Waals surface area contributed by atoms with Crippen LogP contribution in [0.5, 0.6) is 0 Å². The van der Waals surface area contributed by atoms with Crippen LogP contribution in [0.25, 0.3) is 0 Å². The largest absolute Gasteiger partial charge is 0.469 e. The van der Waals surface area contributed by atoms with Crippen molar-refractivity contribution < 1.29 is 17.6 Å². The van der Waals surface area contributed by atoms with E-state index in [2.05, 4.69) is 20.6 Å². The van der Waals surface area contributed by atoms with Gasteiger partial charge in [0, 0.05) is 37.4 Å². The average Bonchev–Trinajstić information content (AvgIpc) is 3.37. The summed E-state index contributed by atoms with van der Waals surface area (Å²) in [6, 6.07) is 4.17. The molecule has 2 aromatic heterocycles. The molecule has 1 fully saturated rings. The van der Waals surface area contributed by atoms with Crippen molar-refractivity contribution in [1.29, 1.82) is 0 Å². The summed E-state index contributed by atoms with van der Waals surface area (Å²) in [5, 5.41) is 8.21. The van der Waals surface area contributed by atoms with Crippen molar-refractivity contribution >= 4 is 41.3 Å². The number of hydrogen-bond donors (Lipinski definition) is 2. The summed E-state index contributed by atoms with van der Waals surface area (Å²) in [5.74, 6) is 1.59. The van der Waals surface area contributed by atoms with Crippen molar-refractivity contribution in [1.82, 2.24) is 15.6 Å². The van der Waals surface area contributed by atoms with Crippen molar-refractivity contribution in [3.8, 4) is 0 Å². The Kier molecular flexibility index (Phi) is 9.06. The molecule has 2 heterocycles. The van der Waals surface area contributed by atoms with E-state index in [1.54, 1.807) is 6.26 Å². The Hall–Kier alpha value is -1.30. The molecule has 2 N–H and O–H groups in total. The molecular weight excluding hydrogens is 504 g/mol. The Bertz CT molecular complexity index is 728. The van der Waals surface area contributed by atoms with Gasteiger partial charge in [0.15, 0.2) is 11.7 Å². The van der Waals surface area contributed by atoms with Gasteiger partial charge in [-0.3, -0.25) is 4.99 Å². The zero-order chi connectivity index (χ0) is 19.1. The summed E-state index contributed by atoms with van der Waals surface area (Å²) in [6.45, 7) is 1.05. The predicted molar refractivity (Wildman–Crippen MR) is 114 cm³/mol. The van der Waals surface area contributed by atoms with Crippen molar-refractivity contribution in [3.05, 3.63) is 40.2 Å². The maximum absolute atomic E-state index is 12.6. The molecule has 5 nitrogen and oxygen atoms in total. The second-order valence-electron chi connectivity index (χ2n) is 6.49. The minimum absolute atomic E-state index is 0. The minimum atomic E-state index is -4.39. The zero-order valence-electron chi connectivity index (χ0n) is 15.3. The first-order valence-electron chi connectivity index (χ1n) is 9.09. The van der Waals surface area contributed by atoms with Crippen LogP contribution in [0.15, 0.2) is 33.2 Å². The molecule has 0 saturated heterocycles. The van der Waals surface area contributed by atoms with E-state index in [0.717, 1.165) is 41.7 Å². The monoisotopic (exact) mass is 528 g/mol. The molecule has 0 bridgehead atoms. The average molecular weight is 528 g/mol. The highest BCUT2D eigenvalue weighted by atomic mass is 127. The van der Waals surface area contributed by atoms with Crippen LogP contribution in [0.4, 0.5) is 13.2 Å². The van der Waals surface area contributed by atoms with E-state index in [-0.39, 0.29) is 24.0 Å². The molecule has 0 aliphatic heterocycles. The molecule has 0 atom stereocenters. The second kappa shape index (κ2) is 11.0. The number of alkyl halides is 3. The Morgan fingerprint density at radius 3 is 2.71 bits per heavy atom. The summed E-state index contributed by atoms with van der Waals surface area (Å²) in [5.41, 5.74) is -0.827. The summed E-state index contributed by atoms with van der Waals surface area (Å²) in [4.78, 5) is 8.17. The van der Waals surface area contributed by atoms with E-state index in [0.29, 0.717) is 36.5 Å². The van der Waals surface area contributed by atoms with Crippen LogP contribution in [0.3, 0.4) is 0 Å². The first kappa shape index (κ1) is 23.0. The molecule has 156 valence electrons. The van der Waals surface area contributed by atoms with Gasteiger partial charge in [0.2, 0.25) is 0 Å². The van der Waals surface area contributed by atoms with Crippen LogP contribution < -0.4 is 10.6 Å². The number of nitrogens with zero attached hydrogens (tertiary/aromatic N) is 2. The number of halogens is 4. The van der Waals surface area contributed by atoms with Gasteiger partial charge in [0.25, 0.3) is 0 Å². The van der Waals surface area contributed by atoms with E-state index in [4.69, 9.17) is 4.42 Å². The Balaban J connectivity index is 0.00000280. The van der Waals surface area contributed by atoms with Crippen LogP contribution in [-0.4, -0.2) is 30.1 Å². The van der Waals surface area contributed by atoms with Gasteiger partial charge in [0.1, 0.15) is 5.76 Å². The topological polar surface area (TPSA) is 62.5 Å². The third kappa shape index (κ3) is 7.26. The van der Waals surface area contributed by atoms with Crippen molar-refractivity contribution in [3.63, 3.8) is 0 Å². The minimum Gasteiger partial charge on any atom is -0.469 e. The van der Waals surface area contributed by atoms with E-state index >= 15 is 0 Å². The smallest absolute Gasteiger partial charge is 0.434 e. The summed E-state index contributed by atoms with van der Waals surface area (Å²) in [6.07, 6.45) is 3.01. The lowest BCUT2D eigenvalue weighted by Crippen LogP contribution is -2.43. The number of aromatic nitrogens is 1. The fraction of sp³-hybridized carbons (Fsp3) is 0.556. The number of furan rings is 1. The lowest BCUT2D eigenvalue weighted by Gasteiger charge is -2.17. The summed E-state index contributed by atoms with van der Waals surface area (Å²) < 4.78 is 43.2. The molecule has 0 unspecified atom stereocenters. The SMILES string of the molecule is FC(F)(F)c1csc(CCN=C(NCCc2ccco2)NC2CCCC2)n1.I. The molecule has 0 spiro atoms. The highest BCUT2D eigenvalue weighted by Gasteiger charge is 2.33. The van der Waals surface area contributed by atoms with Gasteiger partial charge in [-0.1, -0.05) is 12.8 Å². The molecule has 28 heavy (non-hydrogen) atoms. The third-order valence-corrected chi connectivity index (χ3v) is 5.29. The van der Waals surface area contributed by atoms with E-state index in [9.17, 15) is 13.2 Å². The number of rotatable bonds is 7. The molecule has 10 heteroatoms. The van der Waals surface area contributed by atoms with Crippen LogP contribution in [-0.2, 0) is 19.0 Å². The second-order valence-corrected chi connectivity index (χ2v) is 7.43. The number of hydrogen-bond acceptors (Lipinski definition) is 4. The number of nitrogens with one attached hydrogen (secondary N) is 2. The van der Waals surface area contributed by atoms with Crippen LogP contribution in [0.1, 0.15) is 42.1 Å². The molecule has 3 rings (SSSR count). The first-order chi connectivity index (χ1) is 13.0. The standard InChI is InChI=1S/C18H23F3N4OS.HI/c19-18(20,21)15-12-27-16(25-15)8-10-23-17(24-13-4-1-2-5-13)22-9-7-14-6-3-11-26-14;/h3,6,11-13H,1-2,4-5,7-10H2,(H2,22,23,24);1H. The van der Waals surface area contributed by atoms with Gasteiger partial charge < -0.3 is 15.1 Å². The molecule has 2 aromatic rings. The highest BCUT2D eigenvalue weighted by Crippen LogP contribution is 2.30. The summed E-state index contributed by atoms with van der Waals surface area (Å²) >= 11 is 1.02. The molecule has 1 saturated carbocycles. The molecule has 0 amide bonds. The van der Waals surface area contributed by atoms with E-state index in [1.807, 2.05) is 12.1 Å². The predicted octanol–water partition coefficient (Wildman–Crippen LogP) is 4.64. The van der Waals surface area contributed by atoms with Gasteiger partial charge in [0.05, 0.1) is 11.3 Å². The fourth-order valence-electron chi connectivity index (χ4n) is 2.99. The third-order valence-electron chi connectivity index (χ3n) is 4.38. The van der Waals surface area contributed by atoms with Crippen molar-refractivity contribution in [2.45, 2.75) is 50.7 Å². The van der Waals surface area contributed by atoms with Gasteiger partial charge in [-0.2, -0.15) is 13.2 Å². The Labute approximate surface area is 183 Å². The first-order valence-corrected chi connectivity index (χ1v) is 9.97. The van der Waals surface area contributed by atoms with Crippen LogP contribution in [0, 0.1) is 0 Å². The molecular formula is C18H24F3IN4OS. The van der Waals surface area contributed by atoms with Gasteiger partial charge in [-0.25, -0.2) is 4.98 Å². The van der Waals surface area contributed by atoms with E-state index < -0.39 is 11.9 Å². The maximum atomic E-state index is 12.6. The number of guanidine groups is 1. The van der Waals surface area contributed by atoms with Crippen molar-refractivity contribution in [2.24, 2.45) is 4.99 Å².